The van der Waals surface area contributed by atoms with Gasteiger partial charge >= 0.3 is 0 Å². The standard InChI is InChI=1S/C28H26O3/c29-27(20-10-2-1-3-11-20)28-30-23-16-14-18-8-4-6-12-21(18)25(23)26-22-13-7-5-9-19(22)15-17-24(26)31-28/h1-4,6,8,10-12,15,17,23,25,28H,5,7,9,13-14,16H2/t23-,25+,28?/m1/s1. The smallest absolute Gasteiger partial charge is 0.264 e. The molecule has 2 aliphatic carbocycles. The Hall–Kier alpha value is -2.91. The number of aryl methyl sites for hydroxylation is 2. The maximum atomic E-state index is 13.3. The zero-order valence-electron chi connectivity index (χ0n) is 17.6. The highest BCUT2D eigenvalue weighted by atomic mass is 16.7. The Balaban J connectivity index is 1.51. The van der Waals surface area contributed by atoms with Gasteiger partial charge in [0.15, 0.2) is 0 Å². The van der Waals surface area contributed by atoms with Crippen molar-refractivity contribution in [2.75, 3.05) is 0 Å². The molecular formula is C28H26O3. The summed E-state index contributed by atoms with van der Waals surface area (Å²) in [4.78, 5) is 13.3. The molecule has 0 radical (unpaired) electrons. The zero-order chi connectivity index (χ0) is 20.8. The molecule has 6 rings (SSSR count). The first-order chi connectivity index (χ1) is 15.3. The summed E-state index contributed by atoms with van der Waals surface area (Å²) < 4.78 is 12.9. The van der Waals surface area contributed by atoms with Gasteiger partial charge in [0.2, 0.25) is 5.78 Å². The second kappa shape index (κ2) is 7.65. The van der Waals surface area contributed by atoms with E-state index < -0.39 is 6.29 Å². The normalized spacial score (nSPS) is 23.9. The summed E-state index contributed by atoms with van der Waals surface area (Å²) in [5.74, 6) is 0.824. The predicted octanol–water partition coefficient (Wildman–Crippen LogP) is 5.63. The van der Waals surface area contributed by atoms with Crippen molar-refractivity contribution in [3.8, 4) is 5.75 Å². The number of benzene rings is 3. The van der Waals surface area contributed by atoms with Gasteiger partial charge < -0.3 is 9.47 Å². The van der Waals surface area contributed by atoms with Crippen LogP contribution in [0.2, 0.25) is 0 Å². The molecule has 0 spiro atoms. The average Bonchev–Trinajstić information content (AvgIpc) is 3.01. The highest BCUT2D eigenvalue weighted by molar-refractivity contribution is 5.98. The first-order valence-electron chi connectivity index (χ1n) is 11.4. The molecule has 3 atom stereocenters. The summed E-state index contributed by atoms with van der Waals surface area (Å²) in [6.45, 7) is 0. The Morgan fingerprint density at radius 3 is 2.52 bits per heavy atom. The summed E-state index contributed by atoms with van der Waals surface area (Å²) in [6, 6.07) is 22.3. The van der Waals surface area contributed by atoms with Gasteiger partial charge in [-0.1, -0.05) is 60.7 Å². The number of carbonyl (C=O) groups is 1. The molecule has 0 fully saturated rings. The highest BCUT2D eigenvalue weighted by Crippen LogP contribution is 2.48. The van der Waals surface area contributed by atoms with Gasteiger partial charge in [-0.3, -0.25) is 4.79 Å². The zero-order valence-corrected chi connectivity index (χ0v) is 17.6. The molecular weight excluding hydrogens is 384 g/mol. The minimum absolute atomic E-state index is 0.0674. The highest BCUT2D eigenvalue weighted by Gasteiger charge is 2.42. The minimum atomic E-state index is -0.914. The van der Waals surface area contributed by atoms with Crippen molar-refractivity contribution in [2.45, 2.75) is 56.8 Å². The summed E-state index contributed by atoms with van der Waals surface area (Å²) in [7, 11) is 0. The van der Waals surface area contributed by atoms with Crippen molar-refractivity contribution in [1.82, 2.24) is 0 Å². The number of carbonyl (C=O) groups excluding carboxylic acids is 1. The maximum Gasteiger partial charge on any atom is 0.264 e. The second-order valence-electron chi connectivity index (χ2n) is 8.89. The van der Waals surface area contributed by atoms with Gasteiger partial charge in [-0.15, -0.1) is 0 Å². The van der Waals surface area contributed by atoms with Crippen LogP contribution in [0.3, 0.4) is 0 Å². The number of fused-ring (bicyclic) bond motifs is 7. The third kappa shape index (κ3) is 3.19. The summed E-state index contributed by atoms with van der Waals surface area (Å²) >= 11 is 0. The number of hydrogen-bond donors (Lipinski definition) is 0. The van der Waals surface area contributed by atoms with Crippen LogP contribution in [0, 0.1) is 0 Å². The van der Waals surface area contributed by atoms with Crippen LogP contribution < -0.4 is 4.74 Å². The van der Waals surface area contributed by atoms with E-state index in [1.54, 1.807) is 0 Å². The monoisotopic (exact) mass is 410 g/mol. The lowest BCUT2D eigenvalue weighted by atomic mass is 9.73. The Bertz CT molecular complexity index is 1130. The maximum absolute atomic E-state index is 13.3. The molecule has 1 heterocycles. The molecule has 0 bridgehead atoms. The topological polar surface area (TPSA) is 35.5 Å². The van der Waals surface area contributed by atoms with Crippen molar-refractivity contribution >= 4 is 5.78 Å². The van der Waals surface area contributed by atoms with E-state index in [-0.39, 0.29) is 17.8 Å². The first kappa shape index (κ1) is 18.8. The van der Waals surface area contributed by atoms with Gasteiger partial charge in [-0.25, -0.2) is 0 Å². The molecule has 1 unspecified atom stereocenters. The van der Waals surface area contributed by atoms with Crippen molar-refractivity contribution in [3.63, 3.8) is 0 Å². The van der Waals surface area contributed by atoms with Gasteiger partial charge in [-0.05, 0) is 66.8 Å². The molecule has 3 heteroatoms. The molecule has 0 aromatic heterocycles. The van der Waals surface area contributed by atoms with Crippen LogP contribution in [0.4, 0.5) is 0 Å². The van der Waals surface area contributed by atoms with Crippen LogP contribution in [0.1, 0.15) is 63.4 Å². The largest absolute Gasteiger partial charge is 0.457 e. The van der Waals surface area contributed by atoms with Gasteiger partial charge in [0.25, 0.3) is 6.29 Å². The fourth-order valence-corrected chi connectivity index (χ4v) is 5.65. The quantitative estimate of drug-likeness (QED) is 0.514. The van der Waals surface area contributed by atoms with Gasteiger partial charge in [0.1, 0.15) is 5.75 Å². The van der Waals surface area contributed by atoms with Crippen LogP contribution in [0.15, 0.2) is 66.7 Å². The van der Waals surface area contributed by atoms with Gasteiger partial charge in [0, 0.05) is 17.0 Å². The van der Waals surface area contributed by atoms with Gasteiger partial charge in [-0.2, -0.15) is 0 Å². The lowest BCUT2D eigenvalue weighted by Gasteiger charge is -2.34. The van der Waals surface area contributed by atoms with Crippen molar-refractivity contribution in [1.29, 1.82) is 0 Å². The van der Waals surface area contributed by atoms with E-state index in [0.717, 1.165) is 31.4 Å². The van der Waals surface area contributed by atoms with E-state index in [4.69, 9.17) is 9.47 Å². The molecule has 3 aliphatic rings. The number of rotatable bonds is 2. The van der Waals surface area contributed by atoms with Crippen molar-refractivity contribution < 1.29 is 14.3 Å². The second-order valence-corrected chi connectivity index (χ2v) is 8.89. The summed E-state index contributed by atoms with van der Waals surface area (Å²) in [6.07, 6.45) is 5.52. The fraction of sp³-hybridized carbons (Fsp3) is 0.321. The Morgan fingerprint density at radius 1 is 0.806 bits per heavy atom. The fourth-order valence-electron chi connectivity index (χ4n) is 5.65. The summed E-state index contributed by atoms with van der Waals surface area (Å²) in [5.41, 5.74) is 7.46. The van der Waals surface area contributed by atoms with E-state index in [9.17, 15) is 4.79 Å². The van der Waals surface area contributed by atoms with Crippen LogP contribution in [0.25, 0.3) is 0 Å². The van der Waals surface area contributed by atoms with Crippen LogP contribution in [-0.4, -0.2) is 18.2 Å². The van der Waals surface area contributed by atoms with Crippen LogP contribution >= 0.6 is 0 Å². The molecule has 0 amide bonds. The average molecular weight is 411 g/mol. The third-order valence-electron chi connectivity index (χ3n) is 7.11. The SMILES string of the molecule is O=C(c1ccccc1)C1Oc2ccc3c(c2[C@H]2c4ccccc4CC[C@H]2O1)CCCC3. The van der Waals surface area contributed by atoms with Crippen molar-refractivity contribution in [3.05, 3.63) is 100 Å². The van der Waals surface area contributed by atoms with Crippen LogP contribution in [0.5, 0.6) is 5.75 Å². The molecule has 31 heavy (non-hydrogen) atoms. The number of ketones is 1. The number of hydrogen-bond acceptors (Lipinski definition) is 3. The molecule has 3 aromatic carbocycles. The van der Waals surface area contributed by atoms with E-state index in [1.807, 2.05) is 30.3 Å². The van der Waals surface area contributed by atoms with E-state index >= 15 is 0 Å². The Kier molecular flexibility index (Phi) is 4.65. The van der Waals surface area contributed by atoms with Crippen molar-refractivity contribution in [2.24, 2.45) is 0 Å². The third-order valence-corrected chi connectivity index (χ3v) is 7.11. The Morgan fingerprint density at radius 2 is 1.61 bits per heavy atom. The molecule has 3 aromatic rings. The number of ether oxygens (including phenoxy) is 2. The summed E-state index contributed by atoms with van der Waals surface area (Å²) in [5, 5.41) is 0. The lowest BCUT2D eigenvalue weighted by molar-refractivity contribution is -0.0933. The molecule has 0 saturated carbocycles. The molecule has 0 N–H and O–H groups in total. The molecule has 156 valence electrons. The van der Waals surface area contributed by atoms with E-state index in [1.165, 1.54) is 40.7 Å². The number of Topliss-reactive ketones (excluding diaryl/α,β-unsaturated/α-hetero) is 1. The molecule has 3 nitrogen and oxygen atoms in total. The van der Waals surface area contributed by atoms with E-state index in [0.29, 0.717) is 5.56 Å². The van der Waals surface area contributed by atoms with Crippen LogP contribution in [-0.2, 0) is 24.0 Å². The Labute approximate surface area is 183 Å². The minimum Gasteiger partial charge on any atom is -0.457 e. The first-order valence-corrected chi connectivity index (χ1v) is 11.4. The van der Waals surface area contributed by atoms with Gasteiger partial charge in [0.05, 0.1) is 6.10 Å². The molecule has 1 aliphatic heterocycles. The van der Waals surface area contributed by atoms with E-state index in [2.05, 4.69) is 36.4 Å². The predicted molar refractivity (Wildman–Crippen MR) is 120 cm³/mol. The lowest BCUT2D eigenvalue weighted by Crippen LogP contribution is -2.36. The molecule has 0 saturated heterocycles.